The van der Waals surface area contributed by atoms with Gasteiger partial charge in [-0.15, -0.1) is 0 Å². The number of carbonyl (C=O) groups excluding carboxylic acids is 2. The Kier molecular flexibility index (Phi) is 4.69. The molecule has 0 aliphatic rings. The van der Waals surface area contributed by atoms with Gasteiger partial charge in [-0.3, -0.25) is 9.59 Å². The highest BCUT2D eigenvalue weighted by molar-refractivity contribution is 5.82. The molecule has 0 spiro atoms. The van der Waals surface area contributed by atoms with Gasteiger partial charge in [-0.2, -0.15) is 0 Å². The third-order valence-electron chi connectivity index (χ3n) is 2.43. The minimum atomic E-state index is -0.753. The van der Waals surface area contributed by atoms with Gasteiger partial charge in [0.15, 0.2) is 6.10 Å². The van der Waals surface area contributed by atoms with Gasteiger partial charge in [0, 0.05) is 13.5 Å². The van der Waals surface area contributed by atoms with Gasteiger partial charge in [0.1, 0.15) is 0 Å². The Hall–Kier alpha value is -1.84. The lowest BCUT2D eigenvalue weighted by molar-refractivity contribution is -0.152. The first-order chi connectivity index (χ1) is 8.00. The summed E-state index contributed by atoms with van der Waals surface area (Å²) in [4.78, 5) is 22.3. The summed E-state index contributed by atoms with van der Waals surface area (Å²) in [7, 11) is 0. The molecule has 0 aromatic heterocycles. The van der Waals surface area contributed by atoms with Crippen LogP contribution in [0.5, 0.6) is 0 Å². The van der Waals surface area contributed by atoms with Gasteiger partial charge in [-0.1, -0.05) is 24.3 Å². The monoisotopic (exact) mass is 235 g/mol. The zero-order valence-corrected chi connectivity index (χ0v) is 10.3. The Bertz CT molecular complexity index is 415. The zero-order valence-electron chi connectivity index (χ0n) is 10.3. The molecule has 4 nitrogen and oxygen atoms in total. The van der Waals surface area contributed by atoms with Crippen LogP contribution in [0, 0.1) is 6.92 Å². The van der Waals surface area contributed by atoms with Gasteiger partial charge in [0.2, 0.25) is 0 Å². The van der Waals surface area contributed by atoms with E-state index in [0.29, 0.717) is 6.54 Å². The number of ether oxygens (including phenoxy) is 1. The van der Waals surface area contributed by atoms with Gasteiger partial charge in [0.25, 0.3) is 5.91 Å². The Morgan fingerprint density at radius 1 is 1.35 bits per heavy atom. The summed E-state index contributed by atoms with van der Waals surface area (Å²) >= 11 is 0. The van der Waals surface area contributed by atoms with Crippen molar-refractivity contribution in [3.63, 3.8) is 0 Å². The second kappa shape index (κ2) is 6.03. The van der Waals surface area contributed by atoms with Crippen LogP contribution >= 0.6 is 0 Å². The maximum absolute atomic E-state index is 11.6. The molecule has 1 N–H and O–H groups in total. The van der Waals surface area contributed by atoms with E-state index in [1.54, 1.807) is 6.92 Å². The van der Waals surface area contributed by atoms with Crippen LogP contribution in [0.4, 0.5) is 0 Å². The fraction of sp³-hybridized carbons (Fsp3) is 0.385. The number of hydrogen-bond acceptors (Lipinski definition) is 3. The summed E-state index contributed by atoms with van der Waals surface area (Å²) in [6.07, 6.45) is -0.753. The maximum Gasteiger partial charge on any atom is 0.303 e. The van der Waals surface area contributed by atoms with E-state index in [1.165, 1.54) is 6.92 Å². The van der Waals surface area contributed by atoms with E-state index in [9.17, 15) is 9.59 Å². The predicted octanol–water partition coefficient (Wildman–Crippen LogP) is 1.56. The van der Waals surface area contributed by atoms with Crippen LogP contribution in [0.1, 0.15) is 25.0 Å². The molecule has 17 heavy (non-hydrogen) atoms. The fourth-order valence-corrected chi connectivity index (χ4v) is 1.44. The Morgan fingerprint density at radius 3 is 2.59 bits per heavy atom. The van der Waals surface area contributed by atoms with Crippen LogP contribution in [0.25, 0.3) is 0 Å². The van der Waals surface area contributed by atoms with E-state index in [4.69, 9.17) is 4.74 Å². The molecule has 4 heteroatoms. The fourth-order valence-electron chi connectivity index (χ4n) is 1.44. The molecule has 0 fully saturated rings. The molecule has 0 radical (unpaired) electrons. The number of hydrogen-bond donors (Lipinski definition) is 1. The Morgan fingerprint density at radius 2 is 2.00 bits per heavy atom. The first kappa shape index (κ1) is 13.2. The van der Waals surface area contributed by atoms with Crippen LogP contribution in [0.3, 0.4) is 0 Å². The van der Waals surface area contributed by atoms with Crippen molar-refractivity contribution in [2.75, 3.05) is 0 Å². The van der Waals surface area contributed by atoms with E-state index < -0.39 is 12.1 Å². The van der Waals surface area contributed by atoms with Gasteiger partial charge < -0.3 is 10.1 Å². The molecular weight excluding hydrogens is 218 g/mol. The minimum Gasteiger partial charge on any atom is -0.453 e. The topological polar surface area (TPSA) is 55.4 Å². The highest BCUT2D eigenvalue weighted by atomic mass is 16.5. The Balaban J connectivity index is 2.48. The number of amides is 1. The first-order valence-corrected chi connectivity index (χ1v) is 5.50. The average molecular weight is 235 g/mol. The molecule has 0 saturated carbocycles. The molecule has 1 unspecified atom stereocenters. The van der Waals surface area contributed by atoms with Crippen molar-refractivity contribution >= 4 is 11.9 Å². The minimum absolute atomic E-state index is 0.288. The largest absolute Gasteiger partial charge is 0.453 e. The lowest BCUT2D eigenvalue weighted by Gasteiger charge is -2.13. The van der Waals surface area contributed by atoms with Crippen molar-refractivity contribution in [1.82, 2.24) is 5.32 Å². The lowest BCUT2D eigenvalue weighted by Crippen LogP contribution is -2.35. The van der Waals surface area contributed by atoms with Crippen molar-refractivity contribution in [3.8, 4) is 0 Å². The molecule has 1 atom stereocenters. The summed E-state index contributed by atoms with van der Waals surface area (Å²) in [6, 6.07) is 7.80. The highest BCUT2D eigenvalue weighted by Crippen LogP contribution is 2.06. The predicted molar refractivity (Wildman–Crippen MR) is 64.3 cm³/mol. The second-order valence-electron chi connectivity index (χ2n) is 3.90. The number of aryl methyl sites for hydroxylation is 1. The van der Waals surface area contributed by atoms with Gasteiger partial charge in [-0.05, 0) is 25.0 Å². The number of carbonyl (C=O) groups is 2. The molecule has 1 amide bonds. The van der Waals surface area contributed by atoms with Crippen molar-refractivity contribution in [2.24, 2.45) is 0 Å². The smallest absolute Gasteiger partial charge is 0.303 e. The molecule has 0 bridgehead atoms. The molecule has 1 rings (SSSR count). The molecule has 0 aliphatic heterocycles. The van der Waals surface area contributed by atoms with Crippen molar-refractivity contribution in [1.29, 1.82) is 0 Å². The van der Waals surface area contributed by atoms with E-state index in [2.05, 4.69) is 5.32 Å². The zero-order chi connectivity index (χ0) is 12.8. The molecule has 0 saturated heterocycles. The summed E-state index contributed by atoms with van der Waals surface area (Å²) in [6.45, 7) is 5.26. The van der Waals surface area contributed by atoms with Crippen molar-refractivity contribution in [3.05, 3.63) is 35.4 Å². The number of esters is 1. The normalized spacial score (nSPS) is 11.7. The van der Waals surface area contributed by atoms with Crippen LogP contribution < -0.4 is 5.32 Å². The number of benzene rings is 1. The Labute approximate surface area is 101 Å². The molecule has 92 valence electrons. The summed E-state index contributed by atoms with van der Waals surface area (Å²) in [5, 5.41) is 2.73. The van der Waals surface area contributed by atoms with Gasteiger partial charge in [-0.25, -0.2) is 0 Å². The standard InChI is InChI=1S/C13H17NO3/c1-9-6-4-5-7-12(9)8-14-13(16)10(2)17-11(3)15/h4-7,10H,8H2,1-3H3,(H,14,16). The van der Waals surface area contributed by atoms with Crippen molar-refractivity contribution < 1.29 is 14.3 Å². The van der Waals surface area contributed by atoms with E-state index >= 15 is 0 Å². The highest BCUT2D eigenvalue weighted by Gasteiger charge is 2.15. The number of nitrogens with one attached hydrogen (secondary N) is 1. The quantitative estimate of drug-likeness (QED) is 0.806. The molecule has 1 aromatic carbocycles. The molecule has 0 aliphatic carbocycles. The molecular formula is C13H17NO3. The van der Waals surface area contributed by atoms with Gasteiger partial charge in [0.05, 0.1) is 0 Å². The third kappa shape index (κ3) is 4.26. The number of rotatable bonds is 4. The van der Waals surface area contributed by atoms with Crippen LogP contribution in [-0.2, 0) is 20.9 Å². The third-order valence-corrected chi connectivity index (χ3v) is 2.43. The lowest BCUT2D eigenvalue weighted by atomic mass is 10.1. The van der Waals surface area contributed by atoms with E-state index in [-0.39, 0.29) is 5.91 Å². The van der Waals surface area contributed by atoms with Crippen molar-refractivity contribution in [2.45, 2.75) is 33.4 Å². The summed E-state index contributed by atoms with van der Waals surface area (Å²) < 4.78 is 4.78. The van der Waals surface area contributed by atoms with Crippen LogP contribution in [0.15, 0.2) is 24.3 Å². The second-order valence-corrected chi connectivity index (χ2v) is 3.90. The van der Waals surface area contributed by atoms with E-state index in [1.807, 2.05) is 31.2 Å². The van der Waals surface area contributed by atoms with Crippen LogP contribution in [0.2, 0.25) is 0 Å². The first-order valence-electron chi connectivity index (χ1n) is 5.50. The molecule has 0 heterocycles. The summed E-state index contributed by atoms with van der Waals surface area (Å²) in [5.74, 6) is -0.744. The summed E-state index contributed by atoms with van der Waals surface area (Å²) in [5.41, 5.74) is 2.17. The average Bonchev–Trinajstić information content (AvgIpc) is 2.26. The van der Waals surface area contributed by atoms with Crippen LogP contribution in [-0.4, -0.2) is 18.0 Å². The van der Waals surface area contributed by atoms with E-state index in [0.717, 1.165) is 11.1 Å². The SMILES string of the molecule is CC(=O)OC(C)C(=O)NCc1ccccc1C. The maximum atomic E-state index is 11.6. The molecule has 1 aromatic rings. The van der Waals surface area contributed by atoms with Gasteiger partial charge >= 0.3 is 5.97 Å².